The van der Waals surface area contributed by atoms with Crippen molar-refractivity contribution in [3.05, 3.63) is 59.7 Å². The zero-order chi connectivity index (χ0) is 24.4. The Hall–Kier alpha value is -3.39. The summed E-state index contributed by atoms with van der Waals surface area (Å²) in [5, 5.41) is 12.3. The van der Waals surface area contributed by atoms with E-state index in [0.717, 1.165) is 22.3 Å². The van der Waals surface area contributed by atoms with Gasteiger partial charge in [0.1, 0.15) is 12.6 Å². The van der Waals surface area contributed by atoms with Crippen LogP contribution in [0.4, 0.5) is 4.79 Å². The zero-order valence-electron chi connectivity index (χ0n) is 19.6. The van der Waals surface area contributed by atoms with E-state index in [2.05, 4.69) is 17.4 Å². The molecule has 180 valence electrons. The lowest BCUT2D eigenvalue weighted by Crippen LogP contribution is -2.61. The fourth-order valence-electron chi connectivity index (χ4n) is 4.86. The van der Waals surface area contributed by atoms with Gasteiger partial charge in [-0.2, -0.15) is 0 Å². The van der Waals surface area contributed by atoms with E-state index in [1.54, 1.807) is 20.8 Å². The molecule has 1 fully saturated rings. The molecule has 1 aliphatic heterocycles. The van der Waals surface area contributed by atoms with Crippen molar-refractivity contribution >= 4 is 18.0 Å². The van der Waals surface area contributed by atoms with Crippen molar-refractivity contribution in [1.82, 2.24) is 10.2 Å². The SMILES string of the molecule is CC(C)C(NC(=O)OCC1c2ccccc2-c2ccccc21)C(=O)N1CCOC(C)C1C(=O)O. The number of carbonyl (C=O) groups is 3. The minimum atomic E-state index is -1.14. The first-order chi connectivity index (χ1) is 16.3. The number of nitrogens with one attached hydrogen (secondary N) is 1. The second-order valence-electron chi connectivity index (χ2n) is 9.08. The van der Waals surface area contributed by atoms with Crippen molar-refractivity contribution < 1.29 is 29.0 Å². The number of nitrogens with zero attached hydrogens (tertiary/aromatic N) is 1. The van der Waals surface area contributed by atoms with Crippen LogP contribution in [-0.2, 0) is 19.1 Å². The van der Waals surface area contributed by atoms with Crippen LogP contribution >= 0.6 is 0 Å². The summed E-state index contributed by atoms with van der Waals surface area (Å²) >= 11 is 0. The molecule has 0 spiro atoms. The number of amides is 2. The van der Waals surface area contributed by atoms with E-state index < -0.39 is 36.2 Å². The van der Waals surface area contributed by atoms with Crippen LogP contribution in [0.1, 0.15) is 37.8 Å². The number of hydrogen-bond acceptors (Lipinski definition) is 5. The van der Waals surface area contributed by atoms with Crippen LogP contribution in [0.3, 0.4) is 0 Å². The lowest BCUT2D eigenvalue weighted by molar-refractivity contribution is -0.166. The van der Waals surface area contributed by atoms with Gasteiger partial charge in [-0.15, -0.1) is 0 Å². The number of alkyl carbamates (subject to hydrolysis) is 1. The smallest absolute Gasteiger partial charge is 0.407 e. The Balaban J connectivity index is 1.45. The Morgan fingerprint density at radius 2 is 1.68 bits per heavy atom. The standard InChI is InChI=1S/C26H30N2O6/c1-15(2)22(24(29)28-12-13-33-16(3)23(28)25(30)31)27-26(32)34-14-21-19-10-6-4-8-17(19)18-9-5-7-11-20(18)21/h4-11,15-16,21-23H,12-14H2,1-3H3,(H,27,32)(H,30,31). The molecule has 2 N–H and O–H groups in total. The van der Waals surface area contributed by atoms with E-state index in [0.29, 0.717) is 0 Å². The Kier molecular flexibility index (Phi) is 6.88. The number of benzene rings is 2. The van der Waals surface area contributed by atoms with Crippen molar-refractivity contribution in [2.24, 2.45) is 5.92 Å². The normalized spacial score (nSPS) is 20.4. The summed E-state index contributed by atoms with van der Waals surface area (Å²) in [6.45, 7) is 5.74. The van der Waals surface area contributed by atoms with Gasteiger partial charge < -0.3 is 24.8 Å². The summed E-state index contributed by atoms with van der Waals surface area (Å²) in [7, 11) is 0. The molecule has 1 saturated heterocycles. The molecule has 8 heteroatoms. The van der Waals surface area contributed by atoms with E-state index in [1.165, 1.54) is 4.90 Å². The number of morpholine rings is 1. The van der Waals surface area contributed by atoms with Crippen molar-refractivity contribution in [1.29, 1.82) is 0 Å². The summed E-state index contributed by atoms with van der Waals surface area (Å²) in [5.41, 5.74) is 4.45. The van der Waals surface area contributed by atoms with Gasteiger partial charge in [0.15, 0.2) is 6.04 Å². The van der Waals surface area contributed by atoms with Crippen LogP contribution in [-0.4, -0.2) is 65.9 Å². The minimum absolute atomic E-state index is 0.0946. The molecule has 4 rings (SSSR count). The van der Waals surface area contributed by atoms with Gasteiger partial charge in [-0.3, -0.25) is 4.79 Å². The first-order valence-electron chi connectivity index (χ1n) is 11.6. The Labute approximate surface area is 198 Å². The molecular formula is C26H30N2O6. The molecule has 1 heterocycles. The van der Waals surface area contributed by atoms with Crippen molar-refractivity contribution in [3.8, 4) is 11.1 Å². The highest BCUT2D eigenvalue weighted by atomic mass is 16.5. The number of hydrogen-bond donors (Lipinski definition) is 2. The zero-order valence-corrected chi connectivity index (χ0v) is 19.6. The molecule has 8 nitrogen and oxygen atoms in total. The van der Waals surface area contributed by atoms with Crippen LogP contribution in [0.5, 0.6) is 0 Å². The number of fused-ring (bicyclic) bond motifs is 3. The van der Waals surface area contributed by atoms with E-state index in [-0.39, 0.29) is 31.6 Å². The van der Waals surface area contributed by atoms with Crippen LogP contribution in [0.2, 0.25) is 0 Å². The molecule has 2 aromatic rings. The van der Waals surface area contributed by atoms with Crippen LogP contribution in [0.15, 0.2) is 48.5 Å². The number of carboxylic acid groups (broad SMARTS) is 1. The average molecular weight is 467 g/mol. The van der Waals surface area contributed by atoms with Gasteiger partial charge in [0.25, 0.3) is 0 Å². The predicted octanol–water partition coefficient (Wildman–Crippen LogP) is 3.25. The maximum atomic E-state index is 13.3. The number of carbonyl (C=O) groups excluding carboxylic acids is 2. The molecule has 0 bridgehead atoms. The third-order valence-electron chi connectivity index (χ3n) is 6.58. The first-order valence-corrected chi connectivity index (χ1v) is 11.6. The summed E-state index contributed by atoms with van der Waals surface area (Å²) in [6, 6.07) is 14.1. The minimum Gasteiger partial charge on any atom is -0.480 e. The maximum Gasteiger partial charge on any atom is 0.407 e. The molecule has 0 saturated carbocycles. The molecule has 34 heavy (non-hydrogen) atoms. The lowest BCUT2D eigenvalue weighted by Gasteiger charge is -2.39. The van der Waals surface area contributed by atoms with Gasteiger partial charge >= 0.3 is 12.1 Å². The highest BCUT2D eigenvalue weighted by molar-refractivity contribution is 5.90. The number of rotatable bonds is 6. The first kappa shape index (κ1) is 23.8. The molecule has 3 atom stereocenters. The molecule has 2 aliphatic rings. The van der Waals surface area contributed by atoms with Crippen LogP contribution in [0, 0.1) is 5.92 Å². The number of ether oxygens (including phenoxy) is 2. The molecule has 1 aliphatic carbocycles. The Morgan fingerprint density at radius 1 is 1.09 bits per heavy atom. The predicted molar refractivity (Wildman–Crippen MR) is 125 cm³/mol. The molecule has 0 aromatic heterocycles. The largest absolute Gasteiger partial charge is 0.480 e. The van der Waals surface area contributed by atoms with Crippen molar-refractivity contribution in [2.45, 2.75) is 44.9 Å². The molecule has 0 radical (unpaired) electrons. The Morgan fingerprint density at radius 3 is 2.24 bits per heavy atom. The quantitative estimate of drug-likeness (QED) is 0.677. The number of aliphatic carboxylic acids is 1. The summed E-state index contributed by atoms with van der Waals surface area (Å²) in [4.78, 5) is 39.1. The maximum absolute atomic E-state index is 13.3. The highest BCUT2D eigenvalue weighted by Gasteiger charge is 2.41. The van der Waals surface area contributed by atoms with Gasteiger partial charge in [-0.25, -0.2) is 9.59 Å². The van der Waals surface area contributed by atoms with Gasteiger partial charge in [0.05, 0.1) is 12.7 Å². The second-order valence-corrected chi connectivity index (χ2v) is 9.08. The monoisotopic (exact) mass is 466 g/mol. The fourth-order valence-corrected chi connectivity index (χ4v) is 4.86. The third kappa shape index (κ3) is 4.50. The van der Waals surface area contributed by atoms with E-state index in [4.69, 9.17) is 9.47 Å². The third-order valence-corrected chi connectivity index (χ3v) is 6.58. The lowest BCUT2D eigenvalue weighted by atomic mass is 9.98. The van der Waals surface area contributed by atoms with Crippen molar-refractivity contribution in [2.75, 3.05) is 19.8 Å². The topological polar surface area (TPSA) is 105 Å². The second kappa shape index (κ2) is 9.85. The summed E-state index contributed by atoms with van der Waals surface area (Å²) in [6.07, 6.45) is -1.35. The molecular weight excluding hydrogens is 436 g/mol. The van der Waals surface area contributed by atoms with Gasteiger partial charge in [-0.05, 0) is 35.1 Å². The number of carboxylic acids is 1. The van der Waals surface area contributed by atoms with E-state index in [1.807, 2.05) is 36.4 Å². The summed E-state index contributed by atoms with van der Waals surface area (Å²) < 4.78 is 11.0. The fraction of sp³-hybridized carbons (Fsp3) is 0.423. The van der Waals surface area contributed by atoms with E-state index in [9.17, 15) is 19.5 Å². The molecule has 3 unspecified atom stereocenters. The van der Waals surface area contributed by atoms with Crippen molar-refractivity contribution in [3.63, 3.8) is 0 Å². The Bertz CT molecular complexity index is 1040. The average Bonchev–Trinajstić information content (AvgIpc) is 3.14. The highest BCUT2D eigenvalue weighted by Crippen LogP contribution is 2.44. The van der Waals surface area contributed by atoms with Gasteiger partial charge in [0.2, 0.25) is 5.91 Å². The molecule has 2 aromatic carbocycles. The van der Waals surface area contributed by atoms with Gasteiger partial charge in [-0.1, -0.05) is 62.4 Å². The molecule has 2 amide bonds. The van der Waals surface area contributed by atoms with Crippen LogP contribution < -0.4 is 5.32 Å². The van der Waals surface area contributed by atoms with Crippen LogP contribution in [0.25, 0.3) is 11.1 Å². The summed E-state index contributed by atoms with van der Waals surface area (Å²) in [5.74, 6) is -1.95. The van der Waals surface area contributed by atoms with Gasteiger partial charge in [0, 0.05) is 12.5 Å². The van der Waals surface area contributed by atoms with E-state index >= 15 is 0 Å².